The molecule has 1 atom stereocenters. The van der Waals surface area contributed by atoms with Gasteiger partial charge in [0.05, 0.1) is 30.7 Å². The lowest BCUT2D eigenvalue weighted by Gasteiger charge is -2.17. The molecular formula is C18H21N3O3S. The van der Waals surface area contributed by atoms with Gasteiger partial charge in [-0.15, -0.1) is 0 Å². The summed E-state index contributed by atoms with van der Waals surface area (Å²) < 4.78 is 11.4. The third-order valence-corrected chi connectivity index (χ3v) is 5.77. The number of thioether (sulfide) groups is 1. The lowest BCUT2D eigenvalue weighted by molar-refractivity contribution is -0.117. The Morgan fingerprint density at radius 3 is 2.92 bits per heavy atom. The number of ether oxygens (including phenoxy) is 2. The number of rotatable bonds is 3. The second-order valence-electron chi connectivity index (χ2n) is 6.28. The molecule has 0 aromatic heterocycles. The highest BCUT2D eigenvalue weighted by Crippen LogP contribution is 2.37. The number of aliphatic imine (C=N–C) groups is 1. The quantitative estimate of drug-likeness (QED) is 0.899. The molecule has 1 aromatic rings. The Morgan fingerprint density at radius 2 is 2.12 bits per heavy atom. The van der Waals surface area contributed by atoms with Gasteiger partial charge in [-0.25, -0.2) is 0 Å². The van der Waals surface area contributed by atoms with Gasteiger partial charge in [0.1, 0.15) is 0 Å². The van der Waals surface area contributed by atoms with Crippen molar-refractivity contribution in [3.05, 3.63) is 34.4 Å². The number of allylic oxidation sites excluding steroid dienone is 1. The van der Waals surface area contributed by atoms with E-state index < -0.39 is 0 Å². The third-order valence-electron chi connectivity index (χ3n) is 4.55. The number of benzene rings is 1. The van der Waals surface area contributed by atoms with E-state index >= 15 is 0 Å². The van der Waals surface area contributed by atoms with Gasteiger partial charge in [-0.2, -0.15) is 0 Å². The highest BCUT2D eigenvalue weighted by molar-refractivity contribution is 8.18. The van der Waals surface area contributed by atoms with Crippen molar-refractivity contribution in [2.24, 2.45) is 4.99 Å². The maximum atomic E-state index is 12.7. The van der Waals surface area contributed by atoms with Crippen LogP contribution in [-0.2, 0) is 4.79 Å². The summed E-state index contributed by atoms with van der Waals surface area (Å²) in [6, 6.07) is 5.72. The van der Waals surface area contributed by atoms with Crippen LogP contribution in [0.3, 0.4) is 0 Å². The highest BCUT2D eigenvalue weighted by Gasteiger charge is 2.33. The lowest BCUT2D eigenvalue weighted by atomic mass is 10.1. The molecule has 0 bridgehead atoms. The zero-order chi connectivity index (χ0) is 17.4. The van der Waals surface area contributed by atoms with E-state index in [0.717, 1.165) is 52.3 Å². The van der Waals surface area contributed by atoms with Crippen LogP contribution in [0.2, 0.25) is 0 Å². The molecule has 1 amide bonds. The molecule has 4 rings (SSSR count). The minimum absolute atomic E-state index is 0.0563. The van der Waals surface area contributed by atoms with Crippen molar-refractivity contribution < 1.29 is 14.3 Å². The van der Waals surface area contributed by atoms with E-state index in [9.17, 15) is 4.79 Å². The summed E-state index contributed by atoms with van der Waals surface area (Å²) in [5.41, 5.74) is 1.99. The second-order valence-corrected chi connectivity index (χ2v) is 7.26. The molecule has 0 spiro atoms. The number of fused-ring (bicyclic) bond motifs is 2. The molecule has 3 aliphatic heterocycles. The second kappa shape index (κ2) is 6.63. The molecule has 25 heavy (non-hydrogen) atoms. The minimum atomic E-state index is -0.122. The summed E-state index contributed by atoms with van der Waals surface area (Å²) in [6.45, 7) is 6.95. The molecule has 0 aliphatic carbocycles. The first kappa shape index (κ1) is 16.3. The van der Waals surface area contributed by atoms with Gasteiger partial charge in [-0.05, 0) is 43.3 Å². The molecule has 0 saturated carbocycles. The van der Waals surface area contributed by atoms with Gasteiger partial charge >= 0.3 is 0 Å². The third kappa shape index (κ3) is 3.08. The molecule has 3 heterocycles. The summed E-state index contributed by atoms with van der Waals surface area (Å²) in [4.78, 5) is 20.0. The summed E-state index contributed by atoms with van der Waals surface area (Å²) in [5.74, 6) is 1.46. The van der Waals surface area contributed by atoms with Gasteiger partial charge in [-0.1, -0.05) is 6.07 Å². The molecule has 6 nitrogen and oxygen atoms in total. The van der Waals surface area contributed by atoms with Crippen molar-refractivity contribution in [1.82, 2.24) is 10.2 Å². The Morgan fingerprint density at radius 1 is 1.32 bits per heavy atom. The highest BCUT2D eigenvalue weighted by atomic mass is 32.2. The molecule has 0 radical (unpaired) electrons. The van der Waals surface area contributed by atoms with Gasteiger partial charge in [0.2, 0.25) is 0 Å². The smallest absolute Gasteiger partial charge is 0.260 e. The van der Waals surface area contributed by atoms with Crippen LogP contribution < -0.4 is 14.8 Å². The monoisotopic (exact) mass is 359 g/mol. The van der Waals surface area contributed by atoms with E-state index in [1.54, 1.807) is 0 Å². The lowest BCUT2D eigenvalue weighted by Crippen LogP contribution is -2.27. The molecule has 132 valence electrons. The Labute approximate surface area is 151 Å². The van der Waals surface area contributed by atoms with Gasteiger partial charge in [0.15, 0.2) is 16.7 Å². The average molecular weight is 359 g/mol. The molecule has 3 aliphatic rings. The number of nitrogens with zero attached hydrogens (tertiary/aromatic N) is 2. The standard InChI is InChI=1S/C18H21N3O3S/c1-11(13-4-5-14-15(10-13)24-9-3-8-23-14)20-17(22)16-12(2)21-7-6-19-18(21)25-16/h4-5,10-11H,3,6-9H2,1-2H3,(H,20,22)/t11-/m1/s1. The zero-order valence-electron chi connectivity index (χ0n) is 14.4. The van der Waals surface area contributed by atoms with E-state index in [0.29, 0.717) is 13.2 Å². The van der Waals surface area contributed by atoms with Crippen LogP contribution in [0.15, 0.2) is 33.8 Å². The maximum Gasteiger partial charge on any atom is 0.260 e. The molecule has 1 N–H and O–H groups in total. The minimum Gasteiger partial charge on any atom is -0.490 e. The Balaban J connectivity index is 1.48. The molecule has 0 saturated heterocycles. The average Bonchev–Trinajstić information content (AvgIpc) is 3.09. The van der Waals surface area contributed by atoms with Crippen LogP contribution >= 0.6 is 11.8 Å². The predicted octanol–water partition coefficient (Wildman–Crippen LogP) is 2.68. The fourth-order valence-corrected chi connectivity index (χ4v) is 4.20. The van der Waals surface area contributed by atoms with E-state index in [2.05, 4.69) is 15.2 Å². The fraction of sp³-hybridized carbons (Fsp3) is 0.444. The van der Waals surface area contributed by atoms with Crippen LogP contribution in [-0.4, -0.2) is 42.3 Å². The summed E-state index contributed by atoms with van der Waals surface area (Å²) in [5, 5.41) is 4.02. The summed E-state index contributed by atoms with van der Waals surface area (Å²) in [6.07, 6.45) is 0.876. The number of carbonyl (C=O) groups excluding carboxylic acids is 1. The normalized spacial score (nSPS) is 20.1. The molecule has 7 heteroatoms. The number of hydrogen-bond donors (Lipinski definition) is 1. The first-order chi connectivity index (χ1) is 12.1. The van der Waals surface area contributed by atoms with Crippen LogP contribution in [0, 0.1) is 0 Å². The Bertz CT molecular complexity index is 775. The summed E-state index contributed by atoms with van der Waals surface area (Å²) in [7, 11) is 0. The zero-order valence-corrected chi connectivity index (χ0v) is 15.2. The van der Waals surface area contributed by atoms with Crippen molar-refractivity contribution in [3.8, 4) is 11.5 Å². The van der Waals surface area contributed by atoms with E-state index in [-0.39, 0.29) is 11.9 Å². The SMILES string of the molecule is CC1=C(C(=O)N[C@H](C)c2ccc3c(c2)OCCCO3)SC2=NCCN21. The number of nitrogens with one attached hydrogen (secondary N) is 1. The van der Waals surface area contributed by atoms with Gasteiger partial charge in [-0.3, -0.25) is 9.79 Å². The van der Waals surface area contributed by atoms with Crippen LogP contribution in [0.1, 0.15) is 31.9 Å². The number of carbonyl (C=O) groups is 1. The van der Waals surface area contributed by atoms with Crippen molar-refractivity contribution in [1.29, 1.82) is 0 Å². The number of amides is 1. The Kier molecular flexibility index (Phi) is 4.33. The molecular weight excluding hydrogens is 338 g/mol. The van der Waals surface area contributed by atoms with Crippen LogP contribution in [0.25, 0.3) is 0 Å². The van der Waals surface area contributed by atoms with Gasteiger partial charge in [0, 0.05) is 18.7 Å². The number of amidine groups is 1. The number of hydrogen-bond acceptors (Lipinski definition) is 6. The first-order valence-electron chi connectivity index (χ1n) is 8.54. The van der Waals surface area contributed by atoms with Crippen LogP contribution in [0.4, 0.5) is 0 Å². The predicted molar refractivity (Wildman–Crippen MR) is 97.9 cm³/mol. The van der Waals surface area contributed by atoms with Crippen molar-refractivity contribution >= 4 is 22.8 Å². The Hall–Kier alpha value is -2.15. The van der Waals surface area contributed by atoms with Crippen LogP contribution in [0.5, 0.6) is 11.5 Å². The topological polar surface area (TPSA) is 63.2 Å². The van der Waals surface area contributed by atoms with Gasteiger partial charge < -0.3 is 19.7 Å². The maximum absolute atomic E-state index is 12.7. The van der Waals surface area contributed by atoms with E-state index in [1.807, 2.05) is 32.0 Å². The van der Waals surface area contributed by atoms with E-state index in [1.165, 1.54) is 11.8 Å². The van der Waals surface area contributed by atoms with Crippen molar-refractivity contribution in [2.75, 3.05) is 26.3 Å². The molecule has 1 aromatic carbocycles. The fourth-order valence-electron chi connectivity index (χ4n) is 3.12. The first-order valence-corrected chi connectivity index (χ1v) is 9.36. The summed E-state index contributed by atoms with van der Waals surface area (Å²) >= 11 is 1.46. The van der Waals surface area contributed by atoms with Crippen molar-refractivity contribution in [3.63, 3.8) is 0 Å². The largest absolute Gasteiger partial charge is 0.490 e. The molecule has 0 fully saturated rings. The van der Waals surface area contributed by atoms with Crippen molar-refractivity contribution in [2.45, 2.75) is 26.3 Å². The van der Waals surface area contributed by atoms with Gasteiger partial charge in [0.25, 0.3) is 5.91 Å². The molecule has 0 unspecified atom stereocenters. The van der Waals surface area contributed by atoms with E-state index in [4.69, 9.17) is 9.47 Å².